The van der Waals surface area contributed by atoms with E-state index < -0.39 is 10.0 Å². The third kappa shape index (κ3) is 4.69. The van der Waals surface area contributed by atoms with E-state index in [9.17, 15) is 13.2 Å². The topological polar surface area (TPSA) is 75.7 Å². The predicted octanol–water partition coefficient (Wildman–Crippen LogP) is 4.79. The van der Waals surface area contributed by atoms with Gasteiger partial charge in [0.2, 0.25) is 10.0 Å². The number of rotatable bonds is 7. The predicted molar refractivity (Wildman–Crippen MR) is 125 cm³/mol. The van der Waals surface area contributed by atoms with Gasteiger partial charge in [-0.1, -0.05) is 36.4 Å². The summed E-state index contributed by atoms with van der Waals surface area (Å²) in [6.45, 7) is 3.55. The third-order valence-electron chi connectivity index (χ3n) is 5.45. The van der Waals surface area contributed by atoms with Crippen molar-refractivity contribution in [2.24, 2.45) is 0 Å². The van der Waals surface area contributed by atoms with Gasteiger partial charge < -0.3 is 10.1 Å². The fraction of sp³-hybridized carbons (Fsp3) is 0.240. The van der Waals surface area contributed by atoms with Gasteiger partial charge in [0.25, 0.3) is 5.91 Å². The molecule has 0 bridgehead atoms. The molecule has 1 heterocycles. The molecule has 6 nitrogen and oxygen atoms in total. The van der Waals surface area contributed by atoms with Crippen LogP contribution in [0.25, 0.3) is 11.1 Å². The standard InChI is InChI=1S/C25H26N2O4S/c1-2-31-24-11-4-3-10-23(24)26-25(28)21-9-7-8-20(18-21)19-12-14-22(15-13-19)32(29,30)27-16-5-6-17-27/h3-4,7-15,18H,2,5-6,16-17H2,1H3,(H,26,28). The fourth-order valence-electron chi connectivity index (χ4n) is 3.78. The number of carbonyl (C=O) groups excluding carboxylic acids is 1. The summed E-state index contributed by atoms with van der Waals surface area (Å²) in [5, 5.41) is 2.90. The van der Waals surface area contributed by atoms with Crippen LogP contribution in [0.1, 0.15) is 30.1 Å². The molecular formula is C25H26N2O4S. The number of amides is 1. The average molecular weight is 451 g/mol. The van der Waals surface area contributed by atoms with Crippen LogP contribution in [0.4, 0.5) is 5.69 Å². The molecule has 0 aromatic heterocycles. The summed E-state index contributed by atoms with van der Waals surface area (Å²) in [6, 6.07) is 21.4. The van der Waals surface area contributed by atoms with E-state index in [0.29, 0.717) is 41.6 Å². The Hall–Kier alpha value is -3.16. The summed E-state index contributed by atoms with van der Waals surface area (Å²) >= 11 is 0. The third-order valence-corrected chi connectivity index (χ3v) is 7.36. The van der Waals surface area contributed by atoms with E-state index in [1.54, 1.807) is 42.5 Å². The first-order chi connectivity index (χ1) is 15.5. The van der Waals surface area contributed by atoms with Gasteiger partial charge >= 0.3 is 0 Å². The lowest BCUT2D eigenvalue weighted by molar-refractivity contribution is 0.102. The summed E-state index contributed by atoms with van der Waals surface area (Å²) in [6.07, 6.45) is 1.81. The Kier molecular flexibility index (Phi) is 6.58. The molecule has 1 fully saturated rings. The minimum absolute atomic E-state index is 0.243. The minimum atomic E-state index is -3.45. The van der Waals surface area contributed by atoms with E-state index in [-0.39, 0.29) is 5.91 Å². The van der Waals surface area contributed by atoms with E-state index in [2.05, 4.69) is 5.32 Å². The van der Waals surface area contributed by atoms with Crippen LogP contribution < -0.4 is 10.1 Å². The maximum Gasteiger partial charge on any atom is 0.255 e. The number of benzene rings is 3. The smallest absolute Gasteiger partial charge is 0.255 e. The molecule has 7 heteroatoms. The maximum absolute atomic E-state index is 12.8. The molecule has 1 saturated heterocycles. The molecule has 1 amide bonds. The Morgan fingerprint density at radius 2 is 1.66 bits per heavy atom. The van der Waals surface area contributed by atoms with Crippen LogP contribution >= 0.6 is 0 Å². The molecule has 1 aliphatic heterocycles. The number of nitrogens with zero attached hydrogens (tertiary/aromatic N) is 1. The summed E-state index contributed by atoms with van der Waals surface area (Å²) in [4.78, 5) is 13.1. The highest BCUT2D eigenvalue weighted by molar-refractivity contribution is 7.89. The largest absolute Gasteiger partial charge is 0.492 e. The van der Waals surface area contributed by atoms with E-state index in [0.717, 1.165) is 24.0 Å². The normalized spacial score (nSPS) is 14.3. The van der Waals surface area contributed by atoms with Gasteiger partial charge in [-0.05, 0) is 67.3 Å². The van der Waals surface area contributed by atoms with Gasteiger partial charge in [-0.3, -0.25) is 4.79 Å². The Bertz CT molecular complexity index is 1200. The lowest BCUT2D eigenvalue weighted by atomic mass is 10.0. The van der Waals surface area contributed by atoms with E-state index in [1.807, 2.05) is 37.3 Å². The Balaban J connectivity index is 1.53. The van der Waals surface area contributed by atoms with E-state index in [4.69, 9.17) is 4.74 Å². The van der Waals surface area contributed by atoms with Crippen molar-refractivity contribution in [3.63, 3.8) is 0 Å². The van der Waals surface area contributed by atoms with Crippen molar-refractivity contribution in [3.8, 4) is 16.9 Å². The highest BCUT2D eigenvalue weighted by Crippen LogP contribution is 2.27. The number of sulfonamides is 1. The molecule has 0 aliphatic carbocycles. The fourth-order valence-corrected chi connectivity index (χ4v) is 5.30. The number of hydrogen-bond donors (Lipinski definition) is 1. The Morgan fingerprint density at radius 1 is 0.938 bits per heavy atom. The summed E-state index contributed by atoms with van der Waals surface area (Å²) in [7, 11) is -3.45. The minimum Gasteiger partial charge on any atom is -0.492 e. The van der Waals surface area contributed by atoms with Gasteiger partial charge in [0.1, 0.15) is 5.75 Å². The van der Waals surface area contributed by atoms with Gasteiger partial charge in [0, 0.05) is 18.7 Å². The van der Waals surface area contributed by atoms with Crippen LogP contribution in [0.2, 0.25) is 0 Å². The summed E-state index contributed by atoms with van der Waals surface area (Å²) in [5.41, 5.74) is 2.79. The first-order valence-corrected chi connectivity index (χ1v) is 12.2. The number of para-hydroxylation sites is 2. The van der Waals surface area contributed by atoms with Crippen molar-refractivity contribution in [2.45, 2.75) is 24.7 Å². The van der Waals surface area contributed by atoms with Crippen LogP contribution in [0.3, 0.4) is 0 Å². The lowest BCUT2D eigenvalue weighted by Crippen LogP contribution is -2.27. The van der Waals surface area contributed by atoms with Gasteiger partial charge in [0.05, 0.1) is 17.2 Å². The second-order valence-electron chi connectivity index (χ2n) is 7.60. The number of anilines is 1. The van der Waals surface area contributed by atoms with Crippen LogP contribution in [-0.4, -0.2) is 38.3 Å². The van der Waals surface area contributed by atoms with Crippen LogP contribution in [-0.2, 0) is 10.0 Å². The molecule has 32 heavy (non-hydrogen) atoms. The van der Waals surface area contributed by atoms with Crippen molar-refractivity contribution in [1.29, 1.82) is 0 Å². The molecule has 1 N–H and O–H groups in total. The first-order valence-electron chi connectivity index (χ1n) is 10.7. The Morgan fingerprint density at radius 3 is 2.38 bits per heavy atom. The molecule has 3 aromatic rings. The number of hydrogen-bond acceptors (Lipinski definition) is 4. The van der Waals surface area contributed by atoms with E-state index >= 15 is 0 Å². The second kappa shape index (κ2) is 9.54. The lowest BCUT2D eigenvalue weighted by Gasteiger charge is -2.15. The van der Waals surface area contributed by atoms with Crippen LogP contribution in [0.5, 0.6) is 5.75 Å². The zero-order valence-corrected chi connectivity index (χ0v) is 18.8. The molecular weight excluding hydrogens is 424 g/mol. The second-order valence-corrected chi connectivity index (χ2v) is 9.54. The zero-order chi connectivity index (χ0) is 22.6. The molecule has 4 rings (SSSR count). The molecule has 0 saturated carbocycles. The van der Waals surface area contributed by atoms with Gasteiger partial charge in [0.15, 0.2) is 0 Å². The zero-order valence-electron chi connectivity index (χ0n) is 18.0. The number of carbonyl (C=O) groups is 1. The van der Waals surface area contributed by atoms with Crippen molar-refractivity contribution in [1.82, 2.24) is 4.31 Å². The Labute approximate surface area is 188 Å². The summed E-state index contributed by atoms with van der Waals surface area (Å²) < 4.78 is 32.6. The van der Waals surface area contributed by atoms with Crippen molar-refractivity contribution in [2.75, 3.05) is 25.0 Å². The van der Waals surface area contributed by atoms with Crippen LogP contribution in [0.15, 0.2) is 77.7 Å². The highest BCUT2D eigenvalue weighted by atomic mass is 32.2. The molecule has 0 radical (unpaired) electrons. The van der Waals surface area contributed by atoms with Crippen molar-refractivity contribution < 1.29 is 17.9 Å². The quantitative estimate of drug-likeness (QED) is 0.562. The monoisotopic (exact) mass is 450 g/mol. The maximum atomic E-state index is 12.8. The van der Waals surface area contributed by atoms with Crippen molar-refractivity contribution >= 4 is 21.6 Å². The van der Waals surface area contributed by atoms with Gasteiger partial charge in [-0.15, -0.1) is 0 Å². The molecule has 166 valence electrons. The first kappa shape index (κ1) is 22.0. The highest BCUT2D eigenvalue weighted by Gasteiger charge is 2.26. The van der Waals surface area contributed by atoms with Gasteiger partial charge in [-0.25, -0.2) is 8.42 Å². The molecule has 0 spiro atoms. The molecule has 1 aliphatic rings. The molecule has 3 aromatic carbocycles. The molecule has 0 atom stereocenters. The van der Waals surface area contributed by atoms with E-state index in [1.165, 1.54) is 4.31 Å². The van der Waals surface area contributed by atoms with Crippen LogP contribution in [0, 0.1) is 0 Å². The summed E-state index contributed by atoms with van der Waals surface area (Å²) in [5.74, 6) is 0.376. The molecule has 0 unspecified atom stereocenters. The van der Waals surface area contributed by atoms with Gasteiger partial charge in [-0.2, -0.15) is 4.31 Å². The average Bonchev–Trinajstić information content (AvgIpc) is 3.37. The van der Waals surface area contributed by atoms with Crippen molar-refractivity contribution in [3.05, 3.63) is 78.4 Å². The number of ether oxygens (including phenoxy) is 1. The SMILES string of the molecule is CCOc1ccccc1NC(=O)c1cccc(-c2ccc(S(=O)(=O)N3CCCC3)cc2)c1. The number of nitrogens with one attached hydrogen (secondary N) is 1.